The lowest BCUT2D eigenvalue weighted by Crippen LogP contribution is -2.50. The van der Waals surface area contributed by atoms with E-state index in [0.717, 1.165) is 42.9 Å². The molecule has 0 saturated heterocycles. The molecule has 0 radical (unpaired) electrons. The molecule has 0 N–H and O–H groups in total. The fraction of sp³-hybridized carbons (Fsp3) is 0.417. The van der Waals surface area contributed by atoms with E-state index in [2.05, 4.69) is 6.07 Å². The summed E-state index contributed by atoms with van der Waals surface area (Å²) in [7, 11) is 1.73. The van der Waals surface area contributed by atoms with E-state index in [1.807, 2.05) is 43.3 Å². The van der Waals surface area contributed by atoms with Crippen LogP contribution in [0.4, 0.5) is 0 Å². The fourth-order valence-corrected chi connectivity index (χ4v) is 5.37. The highest BCUT2D eigenvalue weighted by Crippen LogP contribution is 2.33. The van der Waals surface area contributed by atoms with Crippen LogP contribution in [0.5, 0.6) is 0 Å². The number of hydrogen-bond acceptors (Lipinski definition) is 5. The molecule has 0 spiro atoms. The Morgan fingerprint density at radius 1 is 1.23 bits per heavy atom. The predicted molar refractivity (Wildman–Crippen MR) is 124 cm³/mol. The largest absolute Gasteiger partial charge is 0.326 e. The van der Waals surface area contributed by atoms with Gasteiger partial charge in [-0.2, -0.15) is 5.26 Å². The summed E-state index contributed by atoms with van der Waals surface area (Å²) >= 11 is 1.27. The van der Waals surface area contributed by atoms with E-state index in [4.69, 9.17) is 4.98 Å². The smallest absolute Gasteiger partial charge is 0.262 e. The number of rotatable bonds is 5. The molecular weight excluding hydrogens is 408 g/mol. The highest BCUT2D eigenvalue weighted by atomic mass is 32.2. The normalized spacial score (nSPS) is 15.6. The van der Waals surface area contributed by atoms with Crippen LogP contribution >= 0.6 is 11.8 Å². The average Bonchev–Trinajstić information content (AvgIpc) is 2.81. The van der Waals surface area contributed by atoms with Gasteiger partial charge in [0.15, 0.2) is 5.16 Å². The number of aromatic nitrogens is 2. The molecule has 0 aliphatic heterocycles. The van der Waals surface area contributed by atoms with E-state index >= 15 is 0 Å². The van der Waals surface area contributed by atoms with Crippen LogP contribution in [0.2, 0.25) is 0 Å². The van der Waals surface area contributed by atoms with Crippen molar-refractivity contribution in [1.29, 1.82) is 5.26 Å². The molecular formula is C24H26N4O2S. The first-order valence-corrected chi connectivity index (χ1v) is 11.7. The lowest BCUT2D eigenvalue weighted by molar-refractivity contribution is -0.131. The second kappa shape index (κ2) is 8.72. The van der Waals surface area contributed by atoms with Gasteiger partial charge in [-0.15, -0.1) is 0 Å². The molecule has 1 aliphatic carbocycles. The first kappa shape index (κ1) is 21.4. The molecule has 2 aromatic carbocycles. The molecule has 31 heavy (non-hydrogen) atoms. The van der Waals surface area contributed by atoms with E-state index in [1.165, 1.54) is 11.8 Å². The van der Waals surface area contributed by atoms with Crippen LogP contribution in [0.15, 0.2) is 46.3 Å². The van der Waals surface area contributed by atoms with Gasteiger partial charge in [0.25, 0.3) is 5.56 Å². The van der Waals surface area contributed by atoms with Gasteiger partial charge in [0, 0.05) is 13.6 Å². The highest BCUT2D eigenvalue weighted by molar-refractivity contribution is 7.99. The Morgan fingerprint density at radius 2 is 1.90 bits per heavy atom. The Labute approximate surface area is 185 Å². The Bertz CT molecular complexity index is 1240. The summed E-state index contributed by atoms with van der Waals surface area (Å²) in [6, 6.07) is 14.1. The fourth-order valence-electron chi connectivity index (χ4n) is 4.40. The Balaban J connectivity index is 1.63. The first-order valence-electron chi connectivity index (χ1n) is 10.7. The van der Waals surface area contributed by atoms with Gasteiger partial charge < -0.3 is 4.90 Å². The number of amides is 1. The molecule has 160 valence electrons. The van der Waals surface area contributed by atoms with E-state index in [1.54, 1.807) is 16.5 Å². The Kier molecular flexibility index (Phi) is 6.01. The maximum Gasteiger partial charge on any atom is 0.262 e. The maximum atomic E-state index is 13.1. The van der Waals surface area contributed by atoms with Gasteiger partial charge in [-0.1, -0.05) is 55.3 Å². The molecule has 7 heteroatoms. The SMILES string of the molecule is CCn1c(SCC(=O)N(C)C2(C#N)CCCCC2)nc2cc3ccccc3cc2c1=O. The van der Waals surface area contributed by atoms with Crippen LogP contribution in [0.3, 0.4) is 0 Å². The number of thioether (sulfide) groups is 1. The van der Waals surface area contributed by atoms with Crippen LogP contribution in [0.1, 0.15) is 39.0 Å². The van der Waals surface area contributed by atoms with Crippen molar-refractivity contribution in [3.05, 3.63) is 46.8 Å². The van der Waals surface area contributed by atoms with E-state index in [-0.39, 0.29) is 17.2 Å². The van der Waals surface area contributed by atoms with Crippen LogP contribution in [-0.2, 0) is 11.3 Å². The van der Waals surface area contributed by atoms with Crippen molar-refractivity contribution in [2.75, 3.05) is 12.8 Å². The van der Waals surface area contributed by atoms with Crippen molar-refractivity contribution in [2.24, 2.45) is 0 Å². The van der Waals surface area contributed by atoms with Crippen molar-refractivity contribution in [2.45, 2.75) is 56.3 Å². The molecule has 1 amide bonds. The zero-order chi connectivity index (χ0) is 22.0. The van der Waals surface area contributed by atoms with Crippen LogP contribution in [-0.4, -0.2) is 38.7 Å². The summed E-state index contributed by atoms with van der Waals surface area (Å²) in [6.45, 7) is 2.38. The minimum atomic E-state index is -0.712. The third-order valence-corrected chi connectivity index (χ3v) is 7.29. The second-order valence-electron chi connectivity index (χ2n) is 8.11. The number of carbonyl (C=O) groups is 1. The summed E-state index contributed by atoms with van der Waals surface area (Å²) in [4.78, 5) is 32.4. The zero-order valence-corrected chi connectivity index (χ0v) is 18.7. The summed E-state index contributed by atoms with van der Waals surface area (Å²) in [6.07, 6.45) is 4.48. The lowest BCUT2D eigenvalue weighted by Gasteiger charge is -2.39. The molecule has 1 aromatic heterocycles. The molecule has 3 aromatic rings. The van der Waals surface area contributed by atoms with Crippen molar-refractivity contribution >= 4 is 39.3 Å². The molecule has 6 nitrogen and oxygen atoms in total. The molecule has 0 bridgehead atoms. The molecule has 0 unspecified atom stereocenters. The number of hydrogen-bond donors (Lipinski definition) is 0. The third-order valence-electron chi connectivity index (χ3n) is 6.33. The van der Waals surface area contributed by atoms with Gasteiger partial charge in [-0.05, 0) is 42.7 Å². The standard InChI is InChI=1S/C24H26N4O2S/c1-3-28-22(30)19-13-17-9-5-6-10-18(17)14-20(19)26-23(28)31-15-21(29)27(2)24(16-25)11-7-4-8-12-24/h5-6,9-10,13-14H,3-4,7-8,11-12,15H2,1-2H3. The Hall–Kier alpha value is -2.85. The van der Waals surface area contributed by atoms with Crippen molar-refractivity contribution in [3.63, 3.8) is 0 Å². The lowest BCUT2D eigenvalue weighted by atomic mass is 9.81. The molecule has 0 atom stereocenters. The summed E-state index contributed by atoms with van der Waals surface area (Å²) in [5.41, 5.74) is -0.171. The van der Waals surface area contributed by atoms with E-state index < -0.39 is 5.54 Å². The van der Waals surface area contributed by atoms with Gasteiger partial charge in [-0.3, -0.25) is 14.2 Å². The monoisotopic (exact) mass is 434 g/mol. The number of fused-ring (bicyclic) bond motifs is 2. The quantitative estimate of drug-likeness (QED) is 0.339. The summed E-state index contributed by atoms with van der Waals surface area (Å²) in [5, 5.41) is 12.9. The number of nitrogens with zero attached hydrogens (tertiary/aromatic N) is 4. The van der Waals surface area contributed by atoms with Gasteiger partial charge in [0.1, 0.15) is 5.54 Å². The van der Waals surface area contributed by atoms with Gasteiger partial charge in [0.2, 0.25) is 5.91 Å². The molecule has 1 heterocycles. The van der Waals surface area contributed by atoms with Gasteiger partial charge >= 0.3 is 0 Å². The van der Waals surface area contributed by atoms with Gasteiger partial charge in [-0.25, -0.2) is 4.98 Å². The predicted octanol–water partition coefficient (Wildman–Crippen LogP) is 4.35. The number of carbonyl (C=O) groups excluding carboxylic acids is 1. The highest BCUT2D eigenvalue weighted by Gasteiger charge is 2.38. The van der Waals surface area contributed by atoms with Gasteiger partial charge in [0.05, 0.1) is 22.7 Å². The second-order valence-corrected chi connectivity index (χ2v) is 9.05. The molecule has 4 rings (SSSR count). The zero-order valence-electron chi connectivity index (χ0n) is 17.9. The number of nitriles is 1. The third kappa shape index (κ3) is 3.92. The minimum absolute atomic E-state index is 0.0951. The van der Waals surface area contributed by atoms with Crippen LogP contribution < -0.4 is 5.56 Å². The van der Waals surface area contributed by atoms with E-state index in [9.17, 15) is 14.9 Å². The minimum Gasteiger partial charge on any atom is -0.326 e. The van der Waals surface area contributed by atoms with E-state index in [0.29, 0.717) is 22.6 Å². The van der Waals surface area contributed by atoms with Crippen LogP contribution in [0.25, 0.3) is 21.7 Å². The Morgan fingerprint density at radius 3 is 2.55 bits per heavy atom. The van der Waals surface area contributed by atoms with Crippen molar-refractivity contribution in [3.8, 4) is 6.07 Å². The topological polar surface area (TPSA) is 79.0 Å². The number of benzene rings is 2. The molecule has 1 aliphatic rings. The molecule has 1 fully saturated rings. The van der Waals surface area contributed by atoms with Crippen LogP contribution in [0, 0.1) is 11.3 Å². The van der Waals surface area contributed by atoms with Crippen molar-refractivity contribution in [1.82, 2.24) is 14.5 Å². The first-order chi connectivity index (χ1) is 15.0. The van der Waals surface area contributed by atoms with Crippen molar-refractivity contribution < 1.29 is 4.79 Å². The average molecular weight is 435 g/mol. The summed E-state index contributed by atoms with van der Waals surface area (Å²) < 4.78 is 1.62. The molecule has 1 saturated carbocycles. The maximum absolute atomic E-state index is 13.1. The summed E-state index contributed by atoms with van der Waals surface area (Å²) in [5.74, 6) is 0.0369.